The van der Waals surface area contributed by atoms with Crippen LogP contribution in [0, 0.1) is 0 Å². The lowest BCUT2D eigenvalue weighted by Gasteiger charge is -2.33. The van der Waals surface area contributed by atoms with Gasteiger partial charge in [-0.1, -0.05) is 25.1 Å². The molecular weight excluding hydrogens is 340 g/mol. The second-order valence-electron chi connectivity index (χ2n) is 6.02. The van der Waals surface area contributed by atoms with Gasteiger partial charge in [0, 0.05) is 25.7 Å². The van der Waals surface area contributed by atoms with Crippen LogP contribution in [0.3, 0.4) is 0 Å². The molecule has 0 radical (unpaired) electrons. The number of hydrogen-bond donors (Lipinski definition) is 1. The van der Waals surface area contributed by atoms with E-state index in [0.29, 0.717) is 24.6 Å². The smallest absolute Gasteiger partial charge is 0.278 e. The highest BCUT2D eigenvalue weighted by molar-refractivity contribution is 5.95. The summed E-state index contributed by atoms with van der Waals surface area (Å²) in [5.74, 6) is 0.487. The van der Waals surface area contributed by atoms with Gasteiger partial charge in [0.1, 0.15) is 0 Å². The predicted octanol–water partition coefficient (Wildman–Crippen LogP) is 2.52. The van der Waals surface area contributed by atoms with Gasteiger partial charge in [-0.3, -0.25) is 4.79 Å². The molecule has 1 fully saturated rings. The highest BCUT2D eigenvalue weighted by Crippen LogP contribution is 2.23. The monoisotopic (exact) mass is 364 g/mol. The van der Waals surface area contributed by atoms with Crippen molar-refractivity contribution in [3.05, 3.63) is 42.2 Å². The zero-order chi connectivity index (χ0) is 16.9. The van der Waals surface area contributed by atoms with Crippen LogP contribution < -0.4 is 10.1 Å². The summed E-state index contributed by atoms with van der Waals surface area (Å²) in [7, 11) is 0. The van der Waals surface area contributed by atoms with Crippen molar-refractivity contribution < 1.29 is 9.53 Å². The number of nitrogens with one attached hydrogen (secondary N) is 1. The van der Waals surface area contributed by atoms with Crippen LogP contribution in [-0.4, -0.2) is 52.9 Å². The number of carbonyl (C=O) groups excluding carboxylic acids is 1. The van der Waals surface area contributed by atoms with Gasteiger partial charge in [-0.15, -0.1) is 12.4 Å². The van der Waals surface area contributed by atoms with Gasteiger partial charge < -0.3 is 15.0 Å². The first-order valence-corrected chi connectivity index (χ1v) is 8.50. The van der Waals surface area contributed by atoms with Crippen LogP contribution in [0.1, 0.15) is 30.8 Å². The summed E-state index contributed by atoms with van der Waals surface area (Å²) in [5, 5.41) is 7.82. The van der Waals surface area contributed by atoms with Crippen LogP contribution in [0.5, 0.6) is 5.75 Å². The third-order valence-corrected chi connectivity index (χ3v) is 4.13. The topological polar surface area (TPSA) is 59.4 Å². The molecule has 2 aromatic rings. The molecular formula is C18H25ClN4O2. The Labute approximate surface area is 154 Å². The van der Waals surface area contributed by atoms with Crippen LogP contribution in [0.15, 0.2) is 36.5 Å². The summed E-state index contributed by atoms with van der Waals surface area (Å²) in [6.45, 7) is 6.95. The zero-order valence-corrected chi connectivity index (χ0v) is 15.5. The Kier molecular flexibility index (Phi) is 6.84. The Bertz CT molecular complexity index is 690. The molecule has 136 valence electrons. The quantitative estimate of drug-likeness (QED) is 0.885. The second kappa shape index (κ2) is 8.87. The maximum absolute atomic E-state index is 13.0. The molecule has 1 N–H and O–H groups in total. The number of rotatable bonds is 5. The average molecular weight is 365 g/mol. The largest absolute Gasteiger partial charge is 0.489 e. The number of para-hydroxylation sites is 1. The van der Waals surface area contributed by atoms with Crippen molar-refractivity contribution in [2.24, 2.45) is 0 Å². The van der Waals surface area contributed by atoms with E-state index in [1.165, 1.54) is 0 Å². The van der Waals surface area contributed by atoms with Crippen molar-refractivity contribution in [2.75, 3.05) is 26.2 Å². The molecule has 25 heavy (non-hydrogen) atoms. The van der Waals surface area contributed by atoms with E-state index >= 15 is 0 Å². The molecule has 1 atom stereocenters. The van der Waals surface area contributed by atoms with Crippen LogP contribution in [-0.2, 0) is 0 Å². The van der Waals surface area contributed by atoms with E-state index in [1.54, 1.807) is 10.9 Å². The Hall–Kier alpha value is -2.05. The fraction of sp³-hybridized carbons (Fsp3) is 0.444. The Morgan fingerprint density at radius 1 is 1.36 bits per heavy atom. The normalized spacial score (nSPS) is 17.0. The van der Waals surface area contributed by atoms with Crippen LogP contribution in [0.25, 0.3) is 5.69 Å². The molecule has 1 aromatic carbocycles. The van der Waals surface area contributed by atoms with Crippen LogP contribution >= 0.6 is 12.4 Å². The molecule has 1 amide bonds. The van der Waals surface area contributed by atoms with E-state index < -0.39 is 0 Å². The van der Waals surface area contributed by atoms with Gasteiger partial charge in [0.2, 0.25) is 0 Å². The lowest BCUT2D eigenvalue weighted by atomic mass is 10.2. The standard InChI is InChI=1S/C18H24N4O2.ClH/c1-3-11-24-16-13-22(15-7-5-4-6-8-15)20-17(16)18(23)21-10-9-19-12-14(21)2;/h4-8,13-14,19H,3,9-12H2,1-2H3;1H/t14-;/m1./s1. The minimum atomic E-state index is -0.0650. The summed E-state index contributed by atoms with van der Waals surface area (Å²) >= 11 is 0. The van der Waals surface area contributed by atoms with Crippen molar-refractivity contribution >= 4 is 18.3 Å². The Balaban J connectivity index is 0.00000225. The fourth-order valence-corrected chi connectivity index (χ4v) is 2.82. The number of carbonyl (C=O) groups is 1. The maximum Gasteiger partial charge on any atom is 0.278 e. The number of hydrogen-bond acceptors (Lipinski definition) is 4. The van der Waals surface area contributed by atoms with Crippen molar-refractivity contribution in [2.45, 2.75) is 26.3 Å². The first kappa shape index (κ1) is 19.3. The Morgan fingerprint density at radius 3 is 2.80 bits per heavy atom. The van der Waals surface area contributed by atoms with E-state index in [0.717, 1.165) is 25.2 Å². The summed E-state index contributed by atoms with van der Waals surface area (Å²) < 4.78 is 7.50. The molecule has 2 heterocycles. The van der Waals surface area contributed by atoms with Crippen molar-refractivity contribution in [1.29, 1.82) is 0 Å². The molecule has 1 saturated heterocycles. The molecule has 1 aliphatic rings. The summed E-state index contributed by atoms with van der Waals surface area (Å²) in [6, 6.07) is 9.91. The fourth-order valence-electron chi connectivity index (χ4n) is 2.82. The van der Waals surface area contributed by atoms with Crippen molar-refractivity contribution in [3.8, 4) is 11.4 Å². The van der Waals surface area contributed by atoms with Gasteiger partial charge in [0.25, 0.3) is 5.91 Å². The molecule has 6 nitrogen and oxygen atoms in total. The molecule has 1 aromatic heterocycles. The van der Waals surface area contributed by atoms with E-state index in [2.05, 4.69) is 10.4 Å². The number of aromatic nitrogens is 2. The molecule has 0 unspecified atom stereocenters. The number of benzene rings is 1. The van der Waals surface area contributed by atoms with Gasteiger partial charge in [-0.25, -0.2) is 4.68 Å². The van der Waals surface area contributed by atoms with E-state index in [9.17, 15) is 4.79 Å². The van der Waals surface area contributed by atoms with Crippen LogP contribution in [0.4, 0.5) is 0 Å². The number of nitrogens with zero attached hydrogens (tertiary/aromatic N) is 3. The lowest BCUT2D eigenvalue weighted by Crippen LogP contribution is -2.52. The van der Waals surface area contributed by atoms with Crippen molar-refractivity contribution in [3.63, 3.8) is 0 Å². The van der Waals surface area contributed by atoms with E-state index in [4.69, 9.17) is 4.74 Å². The predicted molar refractivity (Wildman–Crippen MR) is 100.0 cm³/mol. The van der Waals surface area contributed by atoms with Gasteiger partial charge in [0.05, 0.1) is 18.5 Å². The van der Waals surface area contributed by atoms with Gasteiger partial charge in [-0.05, 0) is 25.5 Å². The Morgan fingerprint density at radius 2 is 2.12 bits per heavy atom. The average Bonchev–Trinajstić information content (AvgIpc) is 3.05. The molecule has 0 saturated carbocycles. The lowest BCUT2D eigenvalue weighted by molar-refractivity contribution is 0.0645. The molecule has 0 aliphatic carbocycles. The molecule has 0 spiro atoms. The third-order valence-electron chi connectivity index (χ3n) is 4.13. The molecule has 3 rings (SSSR count). The number of ether oxygens (including phenoxy) is 1. The second-order valence-corrected chi connectivity index (χ2v) is 6.02. The number of halogens is 1. The maximum atomic E-state index is 13.0. The number of amides is 1. The molecule has 0 bridgehead atoms. The number of piperazine rings is 1. The van der Waals surface area contributed by atoms with E-state index in [-0.39, 0.29) is 24.4 Å². The van der Waals surface area contributed by atoms with Crippen LogP contribution in [0.2, 0.25) is 0 Å². The van der Waals surface area contributed by atoms with Crippen molar-refractivity contribution in [1.82, 2.24) is 20.0 Å². The van der Waals surface area contributed by atoms with Gasteiger partial charge >= 0.3 is 0 Å². The first-order chi connectivity index (χ1) is 11.7. The summed E-state index contributed by atoms with van der Waals surface area (Å²) in [4.78, 5) is 14.8. The minimum Gasteiger partial charge on any atom is -0.489 e. The highest BCUT2D eigenvalue weighted by atomic mass is 35.5. The van der Waals surface area contributed by atoms with Gasteiger partial charge in [-0.2, -0.15) is 5.10 Å². The first-order valence-electron chi connectivity index (χ1n) is 8.50. The van der Waals surface area contributed by atoms with Gasteiger partial charge in [0.15, 0.2) is 11.4 Å². The third kappa shape index (κ3) is 4.32. The zero-order valence-electron chi connectivity index (χ0n) is 14.6. The SMILES string of the molecule is CCCOc1cn(-c2ccccc2)nc1C(=O)N1CCNC[C@H]1C.Cl. The molecule has 7 heteroatoms. The minimum absolute atomic E-state index is 0. The summed E-state index contributed by atoms with van der Waals surface area (Å²) in [6.07, 6.45) is 2.68. The summed E-state index contributed by atoms with van der Waals surface area (Å²) in [5.41, 5.74) is 1.30. The molecule has 1 aliphatic heterocycles. The highest BCUT2D eigenvalue weighted by Gasteiger charge is 2.29. The van der Waals surface area contributed by atoms with E-state index in [1.807, 2.05) is 49.1 Å².